The van der Waals surface area contributed by atoms with Gasteiger partial charge in [0.1, 0.15) is 18.9 Å². The predicted molar refractivity (Wildman–Crippen MR) is 119 cm³/mol. The average molecular weight is 537 g/mol. The fourth-order valence-corrected chi connectivity index (χ4v) is 7.08. The molecular weight excluding hydrogens is 504 g/mol. The first-order chi connectivity index (χ1) is 15.1. The normalized spacial score (nSPS) is 14.8. The Morgan fingerprint density at radius 3 is 2.18 bits per heavy atom. The second-order valence-corrected chi connectivity index (χ2v) is 14.3. The summed E-state index contributed by atoms with van der Waals surface area (Å²) in [6.07, 6.45) is -1.32. The molecule has 0 aromatic carbocycles. The van der Waals surface area contributed by atoms with Crippen molar-refractivity contribution in [1.29, 1.82) is 0 Å². The monoisotopic (exact) mass is 537 g/mol. The van der Waals surface area contributed by atoms with E-state index in [1.807, 2.05) is 0 Å². The van der Waals surface area contributed by atoms with Crippen LogP contribution in [0.1, 0.15) is 41.0 Å². The van der Waals surface area contributed by atoms with Gasteiger partial charge in [-0.15, -0.1) is 0 Å². The minimum atomic E-state index is -4.06. The molecule has 0 aliphatic heterocycles. The third kappa shape index (κ3) is 13.7. The van der Waals surface area contributed by atoms with Gasteiger partial charge in [0, 0.05) is 18.9 Å². The summed E-state index contributed by atoms with van der Waals surface area (Å²) in [5.74, 6) is -1.86. The van der Waals surface area contributed by atoms with Crippen LogP contribution in [-0.4, -0.2) is 75.2 Å². The minimum Gasteiger partial charge on any atom is -0.461 e. The number of ether oxygens (including phenoxy) is 3. The van der Waals surface area contributed by atoms with Crippen LogP contribution in [0.3, 0.4) is 0 Å². The number of nitrogens with one attached hydrogen (secondary N) is 1. The Kier molecular flexibility index (Phi) is 14.1. The van der Waals surface area contributed by atoms with Gasteiger partial charge in [0.15, 0.2) is 7.49 Å². The van der Waals surface area contributed by atoms with Crippen LogP contribution >= 0.6 is 15.2 Å². The lowest BCUT2D eigenvalue weighted by atomic mass is 9.90. The van der Waals surface area contributed by atoms with Crippen molar-refractivity contribution in [2.45, 2.75) is 52.8 Å². The van der Waals surface area contributed by atoms with E-state index in [0.29, 0.717) is 0 Å². The maximum absolute atomic E-state index is 12.5. The van der Waals surface area contributed by atoms with Gasteiger partial charge in [-0.3, -0.25) is 18.3 Å². The molecule has 0 fully saturated rings. The summed E-state index contributed by atoms with van der Waals surface area (Å²) in [6, 6.07) is 0. The van der Waals surface area contributed by atoms with E-state index in [2.05, 4.69) is 10.1 Å². The largest absolute Gasteiger partial charge is 0.508 e. The van der Waals surface area contributed by atoms with Crippen molar-refractivity contribution in [3.8, 4) is 0 Å². The second-order valence-electron chi connectivity index (χ2n) is 7.88. The average Bonchev–Trinajstić information content (AvgIpc) is 2.66. The molecule has 2 unspecified atom stereocenters. The molecule has 0 bridgehead atoms. The molecule has 0 saturated carbocycles. The van der Waals surface area contributed by atoms with Crippen molar-refractivity contribution in [1.82, 2.24) is 5.32 Å². The van der Waals surface area contributed by atoms with E-state index in [9.17, 15) is 36.8 Å². The lowest BCUT2D eigenvalue weighted by molar-refractivity contribution is -0.147. The van der Waals surface area contributed by atoms with Gasteiger partial charge in [-0.2, -0.15) is 8.42 Å². The molecule has 1 amide bonds. The highest BCUT2D eigenvalue weighted by molar-refractivity contribution is 8.16. The van der Waals surface area contributed by atoms with E-state index in [1.54, 1.807) is 13.8 Å². The molecule has 0 aliphatic carbocycles. The molecule has 0 rings (SSSR count). The molecule has 16 heteroatoms. The Labute approximate surface area is 194 Å². The first-order valence-electron chi connectivity index (χ1n) is 9.97. The third-order valence-electron chi connectivity index (χ3n) is 3.93. The molecule has 194 valence electrons. The summed E-state index contributed by atoms with van der Waals surface area (Å²) in [4.78, 5) is 44.0. The van der Waals surface area contributed by atoms with Crippen LogP contribution in [-0.2, 0) is 47.2 Å². The Hall–Kier alpha value is -1.46. The highest BCUT2D eigenvalue weighted by Gasteiger charge is 2.43. The Bertz CT molecular complexity index is 828. The first-order valence-corrected chi connectivity index (χ1v) is 15.4. The Morgan fingerprint density at radius 2 is 1.67 bits per heavy atom. The van der Waals surface area contributed by atoms with Gasteiger partial charge in [0.05, 0.1) is 18.5 Å². The highest BCUT2D eigenvalue weighted by atomic mass is 32.2. The number of carbonyl (C=O) groups excluding carboxylic acids is 3. The molecule has 0 radical (unpaired) electrons. The van der Waals surface area contributed by atoms with Crippen LogP contribution < -0.4 is 5.32 Å². The number of amides is 1. The quantitative estimate of drug-likeness (QED) is 0.132. The molecule has 13 nitrogen and oxygen atoms in total. The van der Waals surface area contributed by atoms with E-state index >= 15 is 0 Å². The summed E-state index contributed by atoms with van der Waals surface area (Å²) in [5, 5.41) is 2.44. The second kappa shape index (κ2) is 14.7. The maximum Gasteiger partial charge on any atom is 0.508 e. The predicted octanol–water partition coefficient (Wildman–Crippen LogP) is 1.30. The van der Waals surface area contributed by atoms with Crippen molar-refractivity contribution in [3.05, 3.63) is 0 Å². The van der Waals surface area contributed by atoms with Gasteiger partial charge < -0.3 is 29.0 Å². The Balaban J connectivity index is 5.04. The molecule has 0 aliphatic rings. The molecule has 0 spiro atoms. The molecule has 0 aromatic rings. The third-order valence-corrected chi connectivity index (χ3v) is 9.28. The van der Waals surface area contributed by atoms with Crippen molar-refractivity contribution in [2.75, 3.05) is 32.1 Å². The molecular formula is C17H33NO12P2S. The standard InChI is InChI=1S/C17H33NO12P2S/c1-12(2)30-16(21)28-9-8-27-15(20)14(31(22)32(23)24)17(4,5)11-29-33(25,26)10-6-7-18-13(3)19/h12,14,31-32H,6-11H2,1-5H3,(H,18,19)(H,23,24)/t14-/m0/s1. The van der Waals surface area contributed by atoms with Crippen LogP contribution in [0.25, 0.3) is 0 Å². The summed E-state index contributed by atoms with van der Waals surface area (Å²) >= 11 is 0. The van der Waals surface area contributed by atoms with E-state index in [-0.39, 0.29) is 25.5 Å². The lowest BCUT2D eigenvalue weighted by Gasteiger charge is -2.31. The van der Waals surface area contributed by atoms with Crippen molar-refractivity contribution in [3.63, 3.8) is 0 Å². The zero-order chi connectivity index (χ0) is 25.8. The zero-order valence-corrected chi connectivity index (χ0v) is 22.1. The highest BCUT2D eigenvalue weighted by Crippen LogP contribution is 2.57. The lowest BCUT2D eigenvalue weighted by Crippen LogP contribution is -2.39. The Morgan fingerprint density at radius 1 is 1.09 bits per heavy atom. The summed E-state index contributed by atoms with van der Waals surface area (Å²) in [5.41, 5.74) is -3.09. The van der Waals surface area contributed by atoms with Gasteiger partial charge in [-0.1, -0.05) is 13.8 Å². The van der Waals surface area contributed by atoms with Gasteiger partial charge in [0.2, 0.25) is 13.6 Å². The number of rotatable bonds is 15. The van der Waals surface area contributed by atoms with E-state index in [0.717, 1.165) is 0 Å². The molecule has 0 aromatic heterocycles. The number of carbonyl (C=O) groups is 3. The maximum atomic E-state index is 12.5. The topological polar surface area (TPSA) is 189 Å². The van der Waals surface area contributed by atoms with Gasteiger partial charge >= 0.3 is 12.1 Å². The first kappa shape index (κ1) is 31.5. The van der Waals surface area contributed by atoms with Crippen LogP contribution in [0.2, 0.25) is 0 Å². The SMILES string of the molecule is CC(=O)NCCCS(=O)(=O)OCC(C)(C)[C@H](C(=O)OCCOC(=O)OC(C)C)[PH](=O)[PH](=O)O. The van der Waals surface area contributed by atoms with Gasteiger partial charge in [-0.05, 0) is 20.3 Å². The molecule has 3 atom stereocenters. The van der Waals surface area contributed by atoms with Crippen LogP contribution in [0.5, 0.6) is 0 Å². The van der Waals surface area contributed by atoms with Crippen molar-refractivity contribution >= 4 is 43.4 Å². The van der Waals surface area contributed by atoms with Gasteiger partial charge in [0.25, 0.3) is 10.1 Å². The van der Waals surface area contributed by atoms with Crippen molar-refractivity contribution in [2.24, 2.45) is 5.41 Å². The molecule has 2 N–H and O–H groups in total. The molecule has 0 saturated heterocycles. The van der Waals surface area contributed by atoms with E-state index in [1.165, 1.54) is 20.8 Å². The van der Waals surface area contributed by atoms with E-state index in [4.69, 9.17) is 13.7 Å². The van der Waals surface area contributed by atoms with E-state index < -0.39 is 73.6 Å². The number of hydrogen-bond donors (Lipinski definition) is 2. The summed E-state index contributed by atoms with van der Waals surface area (Å²) in [7, 11) is -11.1. The van der Waals surface area contributed by atoms with Crippen LogP contribution in [0.4, 0.5) is 4.79 Å². The number of esters is 1. The van der Waals surface area contributed by atoms with Crippen LogP contribution in [0, 0.1) is 5.41 Å². The number of hydrogen-bond acceptors (Lipinski definition) is 11. The fraction of sp³-hybridized carbons (Fsp3) is 0.824. The fourth-order valence-electron chi connectivity index (χ4n) is 2.38. The smallest absolute Gasteiger partial charge is 0.461 e. The van der Waals surface area contributed by atoms with Gasteiger partial charge in [-0.25, -0.2) is 4.79 Å². The summed E-state index contributed by atoms with van der Waals surface area (Å²) < 4.78 is 67.3. The zero-order valence-electron chi connectivity index (χ0n) is 19.2. The van der Waals surface area contributed by atoms with Crippen molar-refractivity contribution < 1.29 is 55.2 Å². The minimum absolute atomic E-state index is 0.0774. The molecule has 0 heterocycles. The molecule has 33 heavy (non-hydrogen) atoms. The summed E-state index contributed by atoms with van der Waals surface area (Å²) in [6.45, 7) is 5.86. The van der Waals surface area contributed by atoms with Crippen LogP contribution in [0.15, 0.2) is 0 Å².